The normalized spacial score (nSPS) is 14.8. The molecule has 0 spiro atoms. The molecule has 0 fully saturated rings. The highest BCUT2D eigenvalue weighted by molar-refractivity contribution is 7.86. The number of halogens is 2. The molecule has 19 heavy (non-hydrogen) atoms. The third kappa shape index (κ3) is 4.48. The Morgan fingerprint density at radius 2 is 1.74 bits per heavy atom. The molecule has 0 amide bonds. The monoisotopic (exact) mass is 322 g/mol. The average molecular weight is 323 g/mol. The average Bonchev–Trinajstić information content (AvgIpc) is 2.25. The number of carbonyl (C=O) groups excluding carboxylic acids is 1. The van der Waals surface area contributed by atoms with Gasteiger partial charge in [-0.2, -0.15) is 0 Å². The summed E-state index contributed by atoms with van der Waals surface area (Å²) < 4.78 is 17.6. The van der Waals surface area contributed by atoms with E-state index in [9.17, 15) is 9.00 Å². The van der Waals surface area contributed by atoms with Crippen LogP contribution in [-0.4, -0.2) is 21.0 Å². The Morgan fingerprint density at radius 1 is 1.26 bits per heavy atom. The molecule has 0 aliphatic carbocycles. The topological polar surface area (TPSA) is 43.4 Å². The fourth-order valence-electron chi connectivity index (χ4n) is 1.32. The van der Waals surface area contributed by atoms with E-state index in [1.54, 1.807) is 39.0 Å². The standard InChI is InChI=1S/C13H16Cl2O3S/c1-8(12(16)18-13(2,3)4)19(17)11-9(14)6-5-7-10(11)15/h5-8H,1-4H3. The second-order valence-electron chi connectivity index (χ2n) is 5.02. The van der Waals surface area contributed by atoms with Crippen molar-refractivity contribution < 1.29 is 13.7 Å². The Hall–Kier alpha value is -0.580. The molecule has 1 rings (SSSR count). The lowest BCUT2D eigenvalue weighted by molar-refractivity contribution is -0.153. The van der Waals surface area contributed by atoms with Crippen LogP contribution in [0, 0.1) is 0 Å². The summed E-state index contributed by atoms with van der Waals surface area (Å²) in [5.74, 6) is -0.540. The van der Waals surface area contributed by atoms with Gasteiger partial charge < -0.3 is 4.74 Å². The van der Waals surface area contributed by atoms with Crippen molar-refractivity contribution in [2.75, 3.05) is 0 Å². The van der Waals surface area contributed by atoms with E-state index >= 15 is 0 Å². The molecule has 0 saturated heterocycles. The summed E-state index contributed by atoms with van der Waals surface area (Å²) in [5.41, 5.74) is -0.625. The van der Waals surface area contributed by atoms with Crippen LogP contribution in [0.15, 0.2) is 23.1 Å². The van der Waals surface area contributed by atoms with Gasteiger partial charge >= 0.3 is 5.97 Å². The van der Waals surface area contributed by atoms with Crippen molar-refractivity contribution in [3.05, 3.63) is 28.2 Å². The molecule has 2 atom stereocenters. The zero-order valence-electron chi connectivity index (χ0n) is 11.2. The largest absolute Gasteiger partial charge is 0.459 e. The van der Waals surface area contributed by atoms with E-state index in [4.69, 9.17) is 27.9 Å². The fourth-order valence-corrected chi connectivity index (χ4v) is 3.27. The second-order valence-corrected chi connectivity index (χ2v) is 7.55. The molecule has 0 saturated carbocycles. The molecule has 0 aliphatic rings. The van der Waals surface area contributed by atoms with Gasteiger partial charge in [0.05, 0.1) is 25.7 Å². The van der Waals surface area contributed by atoms with E-state index in [1.807, 2.05) is 0 Å². The number of carbonyl (C=O) groups is 1. The van der Waals surface area contributed by atoms with Gasteiger partial charge in [-0.1, -0.05) is 29.3 Å². The summed E-state index contributed by atoms with van der Waals surface area (Å²) in [5, 5.41) is -0.279. The van der Waals surface area contributed by atoms with E-state index < -0.39 is 27.6 Å². The highest BCUT2D eigenvalue weighted by Crippen LogP contribution is 2.29. The molecule has 6 heteroatoms. The van der Waals surface area contributed by atoms with Gasteiger partial charge in [-0.05, 0) is 39.8 Å². The summed E-state index contributed by atoms with van der Waals surface area (Å²) in [6, 6.07) is 4.83. The molecule has 0 bridgehead atoms. The lowest BCUT2D eigenvalue weighted by Gasteiger charge is -2.22. The predicted molar refractivity (Wildman–Crippen MR) is 78.2 cm³/mol. The number of rotatable bonds is 3. The van der Waals surface area contributed by atoms with Crippen molar-refractivity contribution in [1.82, 2.24) is 0 Å². The zero-order chi connectivity index (χ0) is 14.8. The minimum atomic E-state index is -1.65. The molecule has 0 heterocycles. The molecule has 0 radical (unpaired) electrons. The van der Waals surface area contributed by atoms with Crippen LogP contribution in [0.2, 0.25) is 10.0 Å². The van der Waals surface area contributed by atoms with E-state index in [0.717, 1.165) is 0 Å². The van der Waals surface area contributed by atoms with Crippen LogP contribution < -0.4 is 0 Å². The molecule has 3 nitrogen and oxygen atoms in total. The first kappa shape index (κ1) is 16.5. The molecule has 1 aromatic rings. The van der Waals surface area contributed by atoms with Gasteiger partial charge in [0.1, 0.15) is 10.9 Å². The van der Waals surface area contributed by atoms with Gasteiger partial charge in [0.2, 0.25) is 0 Å². The highest BCUT2D eigenvalue weighted by atomic mass is 35.5. The second kappa shape index (κ2) is 6.25. The molecule has 106 valence electrons. The summed E-state index contributed by atoms with van der Waals surface area (Å²) in [6.07, 6.45) is 0. The predicted octanol–water partition coefficient (Wildman–Crippen LogP) is 3.83. The van der Waals surface area contributed by atoms with Crippen molar-refractivity contribution in [2.45, 2.75) is 43.4 Å². The highest BCUT2D eigenvalue weighted by Gasteiger charge is 2.29. The van der Waals surface area contributed by atoms with E-state index in [-0.39, 0.29) is 14.9 Å². The van der Waals surface area contributed by atoms with Crippen LogP contribution in [-0.2, 0) is 20.3 Å². The van der Waals surface area contributed by atoms with E-state index in [0.29, 0.717) is 0 Å². The molecular formula is C13H16Cl2O3S. The third-order valence-corrected chi connectivity index (χ3v) is 4.71. The van der Waals surface area contributed by atoms with Crippen LogP contribution in [0.4, 0.5) is 0 Å². The van der Waals surface area contributed by atoms with Gasteiger partial charge in [-0.25, -0.2) is 0 Å². The fraction of sp³-hybridized carbons (Fsp3) is 0.462. The van der Waals surface area contributed by atoms with Crippen LogP contribution in [0.25, 0.3) is 0 Å². The van der Waals surface area contributed by atoms with E-state index in [1.165, 1.54) is 6.92 Å². The number of esters is 1. The first-order valence-corrected chi connectivity index (χ1v) is 7.68. The van der Waals surface area contributed by atoms with Crippen LogP contribution >= 0.6 is 23.2 Å². The Morgan fingerprint density at radius 3 is 2.16 bits per heavy atom. The Bertz CT molecular complexity index is 489. The molecule has 2 unspecified atom stereocenters. The Kier molecular flexibility index (Phi) is 5.42. The Labute approximate surface area is 125 Å². The summed E-state index contributed by atoms with van der Waals surface area (Å²) in [7, 11) is -1.65. The number of ether oxygens (including phenoxy) is 1. The van der Waals surface area contributed by atoms with Gasteiger partial charge in [0.25, 0.3) is 0 Å². The minimum Gasteiger partial charge on any atom is -0.459 e. The van der Waals surface area contributed by atoms with Gasteiger partial charge in [0, 0.05) is 0 Å². The van der Waals surface area contributed by atoms with Gasteiger partial charge in [-0.3, -0.25) is 9.00 Å². The van der Waals surface area contributed by atoms with Crippen molar-refractivity contribution in [3.8, 4) is 0 Å². The van der Waals surface area contributed by atoms with Gasteiger partial charge in [-0.15, -0.1) is 0 Å². The number of hydrogen-bond acceptors (Lipinski definition) is 3. The number of hydrogen-bond donors (Lipinski definition) is 0. The molecule has 0 aromatic heterocycles. The van der Waals surface area contributed by atoms with Crippen LogP contribution in [0.1, 0.15) is 27.7 Å². The lowest BCUT2D eigenvalue weighted by atomic mass is 10.2. The smallest absolute Gasteiger partial charge is 0.322 e. The van der Waals surface area contributed by atoms with Crippen molar-refractivity contribution in [2.24, 2.45) is 0 Å². The Balaban J connectivity index is 2.98. The van der Waals surface area contributed by atoms with Crippen molar-refractivity contribution in [1.29, 1.82) is 0 Å². The summed E-state index contributed by atoms with van der Waals surface area (Å²) in [4.78, 5) is 12.2. The molecular weight excluding hydrogens is 307 g/mol. The zero-order valence-corrected chi connectivity index (χ0v) is 13.5. The van der Waals surface area contributed by atoms with Crippen molar-refractivity contribution in [3.63, 3.8) is 0 Å². The quantitative estimate of drug-likeness (QED) is 0.794. The summed E-state index contributed by atoms with van der Waals surface area (Å²) in [6.45, 7) is 6.79. The maximum absolute atomic E-state index is 12.4. The maximum Gasteiger partial charge on any atom is 0.322 e. The third-order valence-electron chi connectivity index (χ3n) is 2.18. The summed E-state index contributed by atoms with van der Waals surface area (Å²) >= 11 is 12.0. The SMILES string of the molecule is CC(C(=O)OC(C)(C)C)S(=O)c1c(Cl)cccc1Cl. The lowest BCUT2D eigenvalue weighted by Crippen LogP contribution is -2.32. The first-order chi connectivity index (χ1) is 8.63. The van der Waals surface area contributed by atoms with Crippen LogP contribution in [0.5, 0.6) is 0 Å². The first-order valence-electron chi connectivity index (χ1n) is 5.71. The minimum absolute atomic E-state index is 0.268. The molecule has 1 aromatic carbocycles. The molecule has 0 aliphatic heterocycles. The number of benzene rings is 1. The van der Waals surface area contributed by atoms with Gasteiger partial charge in [0.15, 0.2) is 0 Å². The molecule has 0 N–H and O–H groups in total. The maximum atomic E-state index is 12.4. The van der Waals surface area contributed by atoms with Crippen molar-refractivity contribution >= 4 is 40.0 Å². The van der Waals surface area contributed by atoms with E-state index in [2.05, 4.69) is 0 Å². The van der Waals surface area contributed by atoms with Crippen LogP contribution in [0.3, 0.4) is 0 Å².